The van der Waals surface area contributed by atoms with Crippen molar-refractivity contribution in [1.29, 1.82) is 0 Å². The van der Waals surface area contributed by atoms with Gasteiger partial charge < -0.3 is 10.1 Å². The molecule has 0 bridgehead atoms. The van der Waals surface area contributed by atoms with Gasteiger partial charge in [0.05, 0.1) is 5.39 Å². The molecule has 0 radical (unpaired) electrons. The third kappa shape index (κ3) is 5.45. The smallest absolute Gasteiger partial charge is 0.359 e. The summed E-state index contributed by atoms with van der Waals surface area (Å²) in [6.45, 7) is 0.0793. The Kier molecular flexibility index (Phi) is 7.02. The van der Waals surface area contributed by atoms with E-state index in [1.54, 1.807) is 36.0 Å². The molecule has 1 amide bonds. The van der Waals surface area contributed by atoms with Crippen molar-refractivity contribution in [3.05, 3.63) is 76.2 Å². The number of nitrogens with one attached hydrogen (secondary N) is 1. The molecule has 150 valence electrons. The number of carbonyl (C=O) groups excluding carboxylic acids is 2. The Morgan fingerprint density at radius 1 is 1.07 bits per heavy atom. The monoisotopic (exact) mass is 411 g/mol. The summed E-state index contributed by atoms with van der Waals surface area (Å²) in [6, 6.07) is 16.7. The number of ether oxygens (including phenoxy) is 1. The van der Waals surface area contributed by atoms with Crippen LogP contribution in [0.1, 0.15) is 16.1 Å². The van der Waals surface area contributed by atoms with Crippen LogP contribution in [0.3, 0.4) is 0 Å². The van der Waals surface area contributed by atoms with Gasteiger partial charge in [0, 0.05) is 30.5 Å². The number of amides is 1. The maximum atomic E-state index is 12.4. The summed E-state index contributed by atoms with van der Waals surface area (Å²) in [5.74, 6) is 0.497. The number of aromatic nitrogens is 2. The second-order valence-corrected chi connectivity index (χ2v) is 7.39. The number of thioether (sulfide) groups is 1. The number of rotatable bonds is 8. The Bertz CT molecular complexity index is 1070. The Balaban J connectivity index is 1.47. The SMILES string of the molecule is Cn1nc(C(=O)OCC(=O)NCCSCc2ccccc2)c2ccccc2c1=O. The van der Waals surface area contributed by atoms with Gasteiger partial charge >= 0.3 is 5.97 Å². The van der Waals surface area contributed by atoms with Crippen LogP contribution in [0.4, 0.5) is 0 Å². The van der Waals surface area contributed by atoms with Gasteiger partial charge in [-0.25, -0.2) is 9.48 Å². The van der Waals surface area contributed by atoms with Crippen LogP contribution >= 0.6 is 11.8 Å². The minimum Gasteiger partial charge on any atom is -0.451 e. The number of aryl methyl sites for hydroxylation is 1. The quantitative estimate of drug-likeness (QED) is 0.451. The van der Waals surface area contributed by atoms with Gasteiger partial charge in [-0.2, -0.15) is 16.9 Å². The molecule has 1 aromatic heterocycles. The fourth-order valence-electron chi connectivity index (χ4n) is 2.73. The van der Waals surface area contributed by atoms with Gasteiger partial charge in [0.1, 0.15) is 0 Å². The lowest BCUT2D eigenvalue weighted by atomic mass is 10.1. The molecule has 0 aliphatic rings. The van der Waals surface area contributed by atoms with Crippen LogP contribution in [0.5, 0.6) is 0 Å². The van der Waals surface area contributed by atoms with E-state index >= 15 is 0 Å². The number of esters is 1. The van der Waals surface area contributed by atoms with Crippen LogP contribution in [-0.2, 0) is 22.3 Å². The number of fused-ring (bicyclic) bond motifs is 1. The first-order chi connectivity index (χ1) is 14.1. The molecule has 3 rings (SSSR count). The van der Waals surface area contributed by atoms with E-state index in [1.165, 1.54) is 12.6 Å². The third-order valence-corrected chi connectivity index (χ3v) is 5.19. The zero-order valence-electron chi connectivity index (χ0n) is 16.0. The molecule has 0 spiro atoms. The molecular formula is C21H21N3O4S. The average molecular weight is 411 g/mol. The molecule has 0 aliphatic heterocycles. The average Bonchev–Trinajstić information content (AvgIpc) is 2.75. The van der Waals surface area contributed by atoms with Crippen molar-refractivity contribution in [3.8, 4) is 0 Å². The number of carbonyl (C=O) groups is 2. The maximum absolute atomic E-state index is 12.4. The predicted octanol–water partition coefficient (Wildman–Crippen LogP) is 2.14. The van der Waals surface area contributed by atoms with Crippen LogP contribution in [0.15, 0.2) is 59.4 Å². The number of nitrogens with zero attached hydrogens (tertiary/aromatic N) is 2. The Hall–Kier alpha value is -3.13. The first-order valence-corrected chi connectivity index (χ1v) is 10.2. The van der Waals surface area contributed by atoms with Crippen molar-refractivity contribution in [2.45, 2.75) is 5.75 Å². The summed E-state index contributed by atoms with van der Waals surface area (Å²) in [4.78, 5) is 36.4. The summed E-state index contributed by atoms with van der Waals surface area (Å²) < 4.78 is 6.17. The standard InChI is InChI=1S/C21H21N3O4S/c1-24-20(26)17-10-6-5-9-16(17)19(23-24)21(27)28-13-18(25)22-11-12-29-14-15-7-3-2-4-8-15/h2-10H,11-14H2,1H3,(H,22,25). The van der Waals surface area contributed by atoms with Crippen LogP contribution in [0, 0.1) is 0 Å². The van der Waals surface area contributed by atoms with E-state index in [9.17, 15) is 14.4 Å². The first-order valence-electron chi connectivity index (χ1n) is 9.08. The molecule has 0 fully saturated rings. The van der Waals surface area contributed by atoms with Crippen molar-refractivity contribution in [2.75, 3.05) is 18.9 Å². The molecule has 8 heteroatoms. The van der Waals surface area contributed by atoms with Gasteiger partial charge in [-0.05, 0) is 11.6 Å². The van der Waals surface area contributed by atoms with Crippen molar-refractivity contribution < 1.29 is 14.3 Å². The van der Waals surface area contributed by atoms with E-state index in [-0.39, 0.29) is 17.2 Å². The normalized spacial score (nSPS) is 10.7. The zero-order valence-corrected chi connectivity index (χ0v) is 16.8. The number of hydrogen-bond acceptors (Lipinski definition) is 6. The Morgan fingerprint density at radius 3 is 2.52 bits per heavy atom. The molecule has 0 unspecified atom stereocenters. The van der Waals surface area contributed by atoms with Crippen LogP contribution < -0.4 is 10.9 Å². The molecule has 0 saturated carbocycles. The Morgan fingerprint density at radius 2 is 1.76 bits per heavy atom. The molecule has 2 aromatic carbocycles. The lowest BCUT2D eigenvalue weighted by Gasteiger charge is -2.09. The topological polar surface area (TPSA) is 90.3 Å². The molecule has 0 saturated heterocycles. The van der Waals surface area contributed by atoms with E-state index in [2.05, 4.69) is 22.5 Å². The summed E-state index contributed by atoms with van der Waals surface area (Å²) in [7, 11) is 1.46. The molecule has 1 N–H and O–H groups in total. The van der Waals surface area contributed by atoms with Crippen molar-refractivity contribution in [1.82, 2.24) is 15.1 Å². The summed E-state index contributed by atoms with van der Waals surface area (Å²) >= 11 is 1.71. The highest BCUT2D eigenvalue weighted by molar-refractivity contribution is 7.98. The van der Waals surface area contributed by atoms with Gasteiger partial charge in [0.2, 0.25) is 0 Å². The highest BCUT2D eigenvalue weighted by atomic mass is 32.2. The van der Waals surface area contributed by atoms with Crippen LogP contribution in [0.2, 0.25) is 0 Å². The predicted molar refractivity (Wildman–Crippen MR) is 113 cm³/mol. The molecule has 29 heavy (non-hydrogen) atoms. The summed E-state index contributed by atoms with van der Waals surface area (Å²) in [5.41, 5.74) is 0.937. The zero-order chi connectivity index (χ0) is 20.6. The lowest BCUT2D eigenvalue weighted by Crippen LogP contribution is -2.31. The van der Waals surface area contributed by atoms with E-state index < -0.39 is 12.6 Å². The third-order valence-electron chi connectivity index (χ3n) is 4.16. The van der Waals surface area contributed by atoms with E-state index in [0.29, 0.717) is 17.3 Å². The Labute approximate surface area is 172 Å². The van der Waals surface area contributed by atoms with Gasteiger partial charge in [-0.3, -0.25) is 9.59 Å². The van der Waals surface area contributed by atoms with Gasteiger partial charge in [0.25, 0.3) is 11.5 Å². The second-order valence-electron chi connectivity index (χ2n) is 6.29. The molecule has 7 nitrogen and oxygen atoms in total. The van der Waals surface area contributed by atoms with Crippen LogP contribution in [0.25, 0.3) is 10.8 Å². The van der Waals surface area contributed by atoms with Crippen molar-refractivity contribution >= 4 is 34.4 Å². The fraction of sp³-hybridized carbons (Fsp3) is 0.238. The largest absolute Gasteiger partial charge is 0.451 e. The van der Waals surface area contributed by atoms with Crippen molar-refractivity contribution in [3.63, 3.8) is 0 Å². The highest BCUT2D eigenvalue weighted by Gasteiger charge is 2.17. The van der Waals surface area contributed by atoms with E-state index in [1.807, 2.05) is 18.2 Å². The van der Waals surface area contributed by atoms with Crippen LogP contribution in [-0.4, -0.2) is 40.6 Å². The van der Waals surface area contributed by atoms with Gasteiger partial charge in [0.15, 0.2) is 12.3 Å². The van der Waals surface area contributed by atoms with E-state index in [0.717, 1.165) is 16.2 Å². The minimum atomic E-state index is -0.745. The summed E-state index contributed by atoms with van der Waals surface area (Å²) in [6.07, 6.45) is 0. The van der Waals surface area contributed by atoms with Crippen molar-refractivity contribution in [2.24, 2.45) is 7.05 Å². The molecule has 3 aromatic rings. The second kappa shape index (κ2) is 9.88. The minimum absolute atomic E-state index is 0.00826. The molecule has 0 aliphatic carbocycles. The lowest BCUT2D eigenvalue weighted by molar-refractivity contribution is -0.124. The summed E-state index contributed by atoms with van der Waals surface area (Å²) in [5, 5.41) is 7.48. The highest BCUT2D eigenvalue weighted by Crippen LogP contribution is 2.14. The molecular weight excluding hydrogens is 390 g/mol. The fourth-order valence-corrected chi connectivity index (χ4v) is 3.55. The van der Waals surface area contributed by atoms with Gasteiger partial charge in [-0.15, -0.1) is 0 Å². The first kappa shape index (κ1) is 20.6. The molecule has 0 atom stereocenters. The number of benzene rings is 2. The number of hydrogen-bond donors (Lipinski definition) is 1. The molecule has 1 heterocycles. The van der Waals surface area contributed by atoms with Gasteiger partial charge in [-0.1, -0.05) is 48.5 Å². The maximum Gasteiger partial charge on any atom is 0.359 e. The van der Waals surface area contributed by atoms with E-state index in [4.69, 9.17) is 4.74 Å².